The third kappa shape index (κ3) is 6.27. The normalized spacial score (nSPS) is 13.8. The number of sulfonamides is 1. The molecule has 0 radical (unpaired) electrons. The highest BCUT2D eigenvalue weighted by atomic mass is 32.2. The SMILES string of the molecule is CC(C)S(=O)(=O)NCCCCC(=O)Nc1ccc(C2=NNNN2c2ccccc2)cc1. The molecule has 0 atom stereocenters. The molecule has 166 valence electrons. The van der Waals surface area contributed by atoms with Crippen LogP contribution in [-0.2, 0) is 14.8 Å². The van der Waals surface area contributed by atoms with Crippen LogP contribution in [0.4, 0.5) is 11.4 Å². The minimum atomic E-state index is -3.25. The van der Waals surface area contributed by atoms with Crippen LogP contribution in [-0.4, -0.2) is 32.0 Å². The Kier molecular flexibility index (Phi) is 7.61. The van der Waals surface area contributed by atoms with Gasteiger partial charge in [-0.1, -0.05) is 18.2 Å². The second-order valence-corrected chi connectivity index (χ2v) is 9.72. The fraction of sp³-hybridized carbons (Fsp3) is 0.333. The third-order valence-corrected chi connectivity index (χ3v) is 6.58. The molecule has 0 aliphatic carbocycles. The highest BCUT2D eigenvalue weighted by Gasteiger charge is 2.20. The molecule has 0 fully saturated rings. The number of nitrogens with zero attached hydrogens (tertiary/aromatic N) is 2. The quantitative estimate of drug-likeness (QED) is 0.418. The lowest BCUT2D eigenvalue weighted by Crippen LogP contribution is -2.41. The largest absolute Gasteiger partial charge is 0.326 e. The van der Waals surface area contributed by atoms with Crippen LogP contribution in [0.15, 0.2) is 59.7 Å². The van der Waals surface area contributed by atoms with Crippen LogP contribution in [0.3, 0.4) is 0 Å². The molecule has 0 spiro atoms. The Labute approximate surface area is 182 Å². The predicted octanol–water partition coefficient (Wildman–Crippen LogP) is 2.31. The van der Waals surface area contributed by atoms with Gasteiger partial charge in [-0.2, -0.15) is 0 Å². The molecule has 1 amide bonds. The van der Waals surface area contributed by atoms with Crippen molar-refractivity contribution in [1.29, 1.82) is 0 Å². The van der Waals surface area contributed by atoms with Gasteiger partial charge in [0.25, 0.3) is 0 Å². The Balaban J connectivity index is 1.47. The van der Waals surface area contributed by atoms with Gasteiger partial charge in [0.05, 0.1) is 10.9 Å². The van der Waals surface area contributed by atoms with Gasteiger partial charge in [0.2, 0.25) is 15.9 Å². The molecule has 0 saturated carbocycles. The Morgan fingerprint density at radius 1 is 1.06 bits per heavy atom. The maximum absolute atomic E-state index is 12.2. The summed E-state index contributed by atoms with van der Waals surface area (Å²) in [7, 11) is -3.25. The van der Waals surface area contributed by atoms with Crippen LogP contribution in [0.25, 0.3) is 0 Å². The standard InChI is InChI=1S/C21H28N6O3S/c1-16(2)31(29,30)22-15-7-6-10-20(28)23-18-13-11-17(12-14-18)21-24-25-26-27(21)19-8-4-3-5-9-19/h3-5,8-9,11-14,16,22,25-26H,6-7,10,15H2,1-2H3,(H,23,28). The summed E-state index contributed by atoms with van der Waals surface area (Å²) in [5.74, 6) is 0.611. The summed E-state index contributed by atoms with van der Waals surface area (Å²) in [6.45, 7) is 3.60. The second kappa shape index (κ2) is 10.4. The van der Waals surface area contributed by atoms with E-state index in [0.717, 1.165) is 11.3 Å². The molecule has 0 unspecified atom stereocenters. The number of amidine groups is 1. The summed E-state index contributed by atoms with van der Waals surface area (Å²) in [6.07, 6.45) is 1.53. The van der Waals surface area contributed by atoms with E-state index >= 15 is 0 Å². The Hall–Kier alpha value is -2.95. The highest BCUT2D eigenvalue weighted by Crippen LogP contribution is 2.19. The lowest BCUT2D eigenvalue weighted by molar-refractivity contribution is -0.116. The first-order valence-corrected chi connectivity index (χ1v) is 11.7. The van der Waals surface area contributed by atoms with E-state index in [1.165, 1.54) is 0 Å². The van der Waals surface area contributed by atoms with Crippen molar-refractivity contribution in [1.82, 2.24) is 15.8 Å². The molecule has 1 aliphatic rings. The summed E-state index contributed by atoms with van der Waals surface area (Å²) in [4.78, 5) is 12.2. The number of rotatable bonds is 10. The molecule has 9 nitrogen and oxygen atoms in total. The van der Waals surface area contributed by atoms with Crippen molar-refractivity contribution in [3.63, 3.8) is 0 Å². The maximum Gasteiger partial charge on any atom is 0.224 e. The Morgan fingerprint density at radius 2 is 1.77 bits per heavy atom. The lowest BCUT2D eigenvalue weighted by Gasteiger charge is -2.19. The molecule has 3 rings (SSSR count). The first-order valence-electron chi connectivity index (χ1n) is 10.2. The number of carbonyl (C=O) groups is 1. The number of hydrogen-bond acceptors (Lipinski definition) is 7. The molecule has 2 aromatic carbocycles. The number of benzene rings is 2. The number of anilines is 2. The molecule has 0 saturated heterocycles. The summed E-state index contributed by atoms with van der Waals surface area (Å²) < 4.78 is 25.9. The van der Waals surface area contributed by atoms with Crippen molar-refractivity contribution in [2.24, 2.45) is 5.10 Å². The number of hydrogen-bond donors (Lipinski definition) is 4. The van der Waals surface area contributed by atoms with E-state index in [1.54, 1.807) is 13.8 Å². The van der Waals surface area contributed by atoms with Crippen LogP contribution in [0.5, 0.6) is 0 Å². The molecule has 31 heavy (non-hydrogen) atoms. The summed E-state index contributed by atoms with van der Waals surface area (Å²) >= 11 is 0. The van der Waals surface area contributed by atoms with Crippen molar-refractivity contribution in [2.45, 2.75) is 38.4 Å². The molecule has 10 heteroatoms. The molecule has 0 aromatic heterocycles. The number of para-hydroxylation sites is 1. The van der Waals surface area contributed by atoms with Crippen LogP contribution in [0.1, 0.15) is 38.7 Å². The van der Waals surface area contributed by atoms with Crippen LogP contribution >= 0.6 is 0 Å². The summed E-state index contributed by atoms with van der Waals surface area (Å²) in [5.41, 5.74) is 8.27. The Bertz CT molecular complexity index is 1010. The van der Waals surface area contributed by atoms with Gasteiger partial charge in [0, 0.05) is 24.2 Å². The zero-order valence-electron chi connectivity index (χ0n) is 17.6. The van der Waals surface area contributed by atoms with Gasteiger partial charge in [0.1, 0.15) is 0 Å². The number of hydrazone groups is 1. The van der Waals surface area contributed by atoms with Crippen LogP contribution in [0.2, 0.25) is 0 Å². The predicted molar refractivity (Wildman–Crippen MR) is 123 cm³/mol. The number of nitrogens with one attached hydrogen (secondary N) is 4. The van der Waals surface area contributed by atoms with Crippen molar-refractivity contribution < 1.29 is 13.2 Å². The Morgan fingerprint density at radius 3 is 2.45 bits per heavy atom. The van der Waals surface area contributed by atoms with E-state index in [-0.39, 0.29) is 5.91 Å². The minimum Gasteiger partial charge on any atom is -0.326 e. The van der Waals surface area contributed by atoms with Crippen LogP contribution in [0, 0.1) is 0 Å². The number of amides is 1. The van der Waals surface area contributed by atoms with E-state index in [1.807, 2.05) is 59.6 Å². The lowest BCUT2D eigenvalue weighted by atomic mass is 10.1. The van der Waals surface area contributed by atoms with Gasteiger partial charge >= 0.3 is 0 Å². The average molecular weight is 445 g/mol. The molecule has 1 heterocycles. The third-order valence-electron chi connectivity index (χ3n) is 4.73. The monoisotopic (exact) mass is 444 g/mol. The highest BCUT2D eigenvalue weighted by molar-refractivity contribution is 7.90. The zero-order valence-corrected chi connectivity index (χ0v) is 18.4. The van der Waals surface area contributed by atoms with E-state index < -0.39 is 15.3 Å². The van der Waals surface area contributed by atoms with Gasteiger partial charge in [-0.25, -0.2) is 23.7 Å². The van der Waals surface area contributed by atoms with E-state index in [4.69, 9.17) is 0 Å². The van der Waals surface area contributed by atoms with E-state index in [9.17, 15) is 13.2 Å². The molecular formula is C21H28N6O3S. The minimum absolute atomic E-state index is 0.105. The zero-order chi connectivity index (χ0) is 22.3. The van der Waals surface area contributed by atoms with Crippen molar-refractivity contribution in [2.75, 3.05) is 16.9 Å². The van der Waals surface area contributed by atoms with Crippen molar-refractivity contribution in [3.8, 4) is 0 Å². The average Bonchev–Trinajstić information content (AvgIpc) is 3.24. The summed E-state index contributed by atoms with van der Waals surface area (Å²) in [6, 6.07) is 17.2. The summed E-state index contributed by atoms with van der Waals surface area (Å²) in [5, 5.41) is 8.53. The molecule has 2 aromatic rings. The number of hydrazine groups is 2. The van der Waals surface area contributed by atoms with Crippen LogP contribution < -0.4 is 26.1 Å². The molecule has 0 bridgehead atoms. The van der Waals surface area contributed by atoms with Gasteiger partial charge < -0.3 is 5.32 Å². The van der Waals surface area contributed by atoms with E-state index in [2.05, 4.69) is 26.2 Å². The first-order chi connectivity index (χ1) is 14.9. The fourth-order valence-corrected chi connectivity index (χ4v) is 3.67. The molecule has 4 N–H and O–H groups in total. The van der Waals surface area contributed by atoms with Crippen molar-refractivity contribution in [3.05, 3.63) is 60.2 Å². The number of carbonyl (C=O) groups excluding carboxylic acids is 1. The first kappa shape index (κ1) is 22.7. The molecule has 1 aliphatic heterocycles. The van der Waals surface area contributed by atoms with Gasteiger partial charge in [0.15, 0.2) is 5.84 Å². The van der Waals surface area contributed by atoms with Gasteiger partial charge in [-0.05, 0) is 63.1 Å². The number of unbranched alkanes of at least 4 members (excludes halogenated alkanes) is 1. The van der Waals surface area contributed by atoms with E-state index in [0.29, 0.717) is 37.3 Å². The van der Waals surface area contributed by atoms with Gasteiger partial charge in [-0.15, -0.1) is 10.6 Å². The topological polar surface area (TPSA) is 115 Å². The maximum atomic E-state index is 12.2. The fourth-order valence-electron chi connectivity index (χ4n) is 2.91. The van der Waals surface area contributed by atoms with Crippen molar-refractivity contribution >= 4 is 33.1 Å². The van der Waals surface area contributed by atoms with Gasteiger partial charge in [-0.3, -0.25) is 4.79 Å². The second-order valence-electron chi connectivity index (χ2n) is 7.40. The molecular weight excluding hydrogens is 416 g/mol. The smallest absolute Gasteiger partial charge is 0.224 e.